The maximum absolute atomic E-state index is 12.3. The molecule has 1 unspecified atom stereocenters. The van der Waals surface area contributed by atoms with Crippen LogP contribution in [0.1, 0.15) is 21.7 Å². The fourth-order valence-electron chi connectivity index (χ4n) is 2.38. The predicted octanol–water partition coefficient (Wildman–Crippen LogP) is 1.21. The molecular formula is C16H18N4O3. The molecule has 0 saturated carbocycles. The number of furan rings is 1. The zero-order valence-corrected chi connectivity index (χ0v) is 12.8. The van der Waals surface area contributed by atoms with Gasteiger partial charge in [0, 0.05) is 37.9 Å². The third kappa shape index (κ3) is 3.40. The molecule has 0 aliphatic heterocycles. The summed E-state index contributed by atoms with van der Waals surface area (Å²) in [7, 11) is 0. The number of aryl methyl sites for hydroxylation is 1. The van der Waals surface area contributed by atoms with Gasteiger partial charge in [-0.05, 0) is 24.6 Å². The molecule has 3 rings (SSSR count). The lowest BCUT2D eigenvalue weighted by Crippen LogP contribution is -2.31. The molecule has 0 bridgehead atoms. The summed E-state index contributed by atoms with van der Waals surface area (Å²) in [5.74, 6) is 0.419. The van der Waals surface area contributed by atoms with Crippen molar-refractivity contribution in [2.45, 2.75) is 13.3 Å². The van der Waals surface area contributed by atoms with Crippen LogP contribution in [0.15, 0.2) is 41.4 Å². The van der Waals surface area contributed by atoms with E-state index in [1.807, 2.05) is 19.2 Å². The Labute approximate surface area is 133 Å². The fourth-order valence-corrected chi connectivity index (χ4v) is 2.38. The third-order valence-corrected chi connectivity index (χ3v) is 3.61. The second-order valence-electron chi connectivity index (χ2n) is 5.50. The molecule has 0 radical (unpaired) electrons. The summed E-state index contributed by atoms with van der Waals surface area (Å²) in [6, 6.07) is 3.65. The van der Waals surface area contributed by atoms with Gasteiger partial charge in [0.25, 0.3) is 5.91 Å². The maximum Gasteiger partial charge on any atom is 0.256 e. The van der Waals surface area contributed by atoms with Crippen LogP contribution in [0, 0.1) is 12.8 Å². The number of aliphatic hydroxyl groups excluding tert-OH is 1. The first-order valence-corrected chi connectivity index (χ1v) is 7.39. The van der Waals surface area contributed by atoms with E-state index in [9.17, 15) is 9.90 Å². The summed E-state index contributed by atoms with van der Waals surface area (Å²) in [5.41, 5.74) is 1.89. The van der Waals surface area contributed by atoms with Crippen molar-refractivity contribution in [1.29, 1.82) is 0 Å². The van der Waals surface area contributed by atoms with E-state index in [0.717, 1.165) is 11.3 Å². The van der Waals surface area contributed by atoms with Crippen LogP contribution in [-0.4, -0.2) is 38.8 Å². The van der Waals surface area contributed by atoms with Crippen molar-refractivity contribution in [3.8, 4) is 0 Å². The standard InChI is InChI=1S/C16H18N4O3/c1-11-6-17-15-14(8-19-20(15)9-11)16(22)18-7-12(10-21)5-13-3-2-4-23-13/h2-4,6,8-9,12,21H,5,7,10H2,1H3,(H,18,22). The highest BCUT2D eigenvalue weighted by atomic mass is 16.3. The van der Waals surface area contributed by atoms with Crippen molar-refractivity contribution in [3.63, 3.8) is 0 Å². The molecule has 1 atom stereocenters. The monoisotopic (exact) mass is 314 g/mol. The van der Waals surface area contributed by atoms with Crippen LogP contribution < -0.4 is 5.32 Å². The zero-order chi connectivity index (χ0) is 16.2. The SMILES string of the molecule is Cc1cnc2c(C(=O)NCC(CO)Cc3ccco3)cnn2c1. The van der Waals surface area contributed by atoms with Crippen LogP contribution in [0.25, 0.3) is 5.65 Å². The third-order valence-electron chi connectivity index (χ3n) is 3.61. The van der Waals surface area contributed by atoms with Crippen molar-refractivity contribution in [2.75, 3.05) is 13.2 Å². The van der Waals surface area contributed by atoms with E-state index in [4.69, 9.17) is 4.42 Å². The largest absolute Gasteiger partial charge is 0.469 e. The molecule has 0 aromatic carbocycles. The Morgan fingerprint density at radius 2 is 2.35 bits per heavy atom. The van der Waals surface area contributed by atoms with E-state index < -0.39 is 0 Å². The van der Waals surface area contributed by atoms with Crippen molar-refractivity contribution in [1.82, 2.24) is 19.9 Å². The first-order valence-electron chi connectivity index (χ1n) is 7.39. The number of aromatic nitrogens is 3. The number of hydrogen-bond acceptors (Lipinski definition) is 5. The smallest absolute Gasteiger partial charge is 0.256 e. The second kappa shape index (κ2) is 6.62. The van der Waals surface area contributed by atoms with Gasteiger partial charge in [0.15, 0.2) is 5.65 Å². The Balaban J connectivity index is 1.65. The molecule has 0 spiro atoms. The van der Waals surface area contributed by atoms with Crippen molar-refractivity contribution in [2.24, 2.45) is 5.92 Å². The lowest BCUT2D eigenvalue weighted by Gasteiger charge is -2.13. The Bertz CT molecular complexity index is 795. The molecule has 23 heavy (non-hydrogen) atoms. The van der Waals surface area contributed by atoms with Gasteiger partial charge < -0.3 is 14.8 Å². The minimum absolute atomic E-state index is 0.0345. The normalized spacial score (nSPS) is 12.4. The number of nitrogens with one attached hydrogen (secondary N) is 1. The molecule has 0 aliphatic carbocycles. The Hall–Kier alpha value is -2.67. The first kappa shape index (κ1) is 15.2. The van der Waals surface area contributed by atoms with E-state index in [1.165, 1.54) is 6.20 Å². The molecule has 3 heterocycles. The summed E-state index contributed by atoms with van der Waals surface area (Å²) in [4.78, 5) is 16.6. The van der Waals surface area contributed by atoms with Crippen LogP contribution in [-0.2, 0) is 6.42 Å². The quantitative estimate of drug-likeness (QED) is 0.713. The summed E-state index contributed by atoms with van der Waals surface area (Å²) >= 11 is 0. The van der Waals surface area contributed by atoms with Gasteiger partial charge >= 0.3 is 0 Å². The highest BCUT2D eigenvalue weighted by Crippen LogP contribution is 2.11. The van der Waals surface area contributed by atoms with Crippen LogP contribution in [0.4, 0.5) is 0 Å². The van der Waals surface area contributed by atoms with Crippen LogP contribution in [0.2, 0.25) is 0 Å². The van der Waals surface area contributed by atoms with E-state index >= 15 is 0 Å². The van der Waals surface area contributed by atoms with Gasteiger partial charge in [-0.25, -0.2) is 9.50 Å². The molecule has 0 fully saturated rings. The number of aliphatic hydroxyl groups is 1. The zero-order valence-electron chi connectivity index (χ0n) is 12.8. The van der Waals surface area contributed by atoms with Crippen molar-refractivity contribution < 1.29 is 14.3 Å². The topological polar surface area (TPSA) is 92.7 Å². The minimum atomic E-state index is -0.255. The van der Waals surface area contributed by atoms with Crippen LogP contribution in [0.5, 0.6) is 0 Å². The average molecular weight is 314 g/mol. The second-order valence-corrected chi connectivity index (χ2v) is 5.50. The number of carbonyl (C=O) groups is 1. The number of fused-ring (bicyclic) bond motifs is 1. The number of amides is 1. The molecule has 2 N–H and O–H groups in total. The highest BCUT2D eigenvalue weighted by molar-refractivity contribution is 5.99. The van der Waals surface area contributed by atoms with E-state index in [2.05, 4.69) is 15.4 Å². The molecule has 0 aliphatic rings. The summed E-state index contributed by atoms with van der Waals surface area (Å²) in [6.07, 6.45) is 7.16. The average Bonchev–Trinajstić information content (AvgIpc) is 3.19. The summed E-state index contributed by atoms with van der Waals surface area (Å²) < 4.78 is 6.85. The van der Waals surface area contributed by atoms with Crippen LogP contribution >= 0.6 is 0 Å². The first-order chi connectivity index (χ1) is 11.2. The maximum atomic E-state index is 12.3. The van der Waals surface area contributed by atoms with Crippen molar-refractivity contribution in [3.05, 3.63) is 53.9 Å². The fraction of sp³-hybridized carbons (Fsp3) is 0.312. The lowest BCUT2D eigenvalue weighted by molar-refractivity contribution is 0.0940. The predicted molar refractivity (Wildman–Crippen MR) is 83.0 cm³/mol. The number of rotatable bonds is 6. The Morgan fingerprint density at radius 3 is 3.09 bits per heavy atom. The van der Waals surface area contributed by atoms with Gasteiger partial charge in [0.1, 0.15) is 11.3 Å². The Morgan fingerprint density at radius 1 is 1.48 bits per heavy atom. The van der Waals surface area contributed by atoms with Gasteiger partial charge in [-0.2, -0.15) is 5.10 Å². The highest BCUT2D eigenvalue weighted by Gasteiger charge is 2.16. The van der Waals surface area contributed by atoms with Gasteiger partial charge in [0.2, 0.25) is 0 Å². The molecule has 3 aromatic heterocycles. The van der Waals surface area contributed by atoms with Crippen molar-refractivity contribution >= 4 is 11.6 Å². The number of nitrogens with zero attached hydrogens (tertiary/aromatic N) is 3. The summed E-state index contributed by atoms with van der Waals surface area (Å²) in [6.45, 7) is 2.22. The number of carbonyl (C=O) groups excluding carboxylic acids is 1. The number of hydrogen-bond donors (Lipinski definition) is 2. The van der Waals surface area contributed by atoms with E-state index in [1.54, 1.807) is 23.0 Å². The minimum Gasteiger partial charge on any atom is -0.469 e. The van der Waals surface area contributed by atoms with Gasteiger partial charge in [-0.3, -0.25) is 4.79 Å². The Kier molecular flexibility index (Phi) is 4.38. The molecule has 7 heteroatoms. The molecule has 0 saturated heterocycles. The van der Waals surface area contributed by atoms with E-state index in [0.29, 0.717) is 24.2 Å². The van der Waals surface area contributed by atoms with Gasteiger partial charge in [0.05, 0.1) is 12.5 Å². The molecule has 7 nitrogen and oxygen atoms in total. The van der Waals surface area contributed by atoms with Gasteiger partial charge in [-0.15, -0.1) is 0 Å². The molecular weight excluding hydrogens is 296 g/mol. The van der Waals surface area contributed by atoms with E-state index in [-0.39, 0.29) is 18.4 Å². The summed E-state index contributed by atoms with van der Waals surface area (Å²) in [5, 5.41) is 16.4. The molecule has 3 aromatic rings. The van der Waals surface area contributed by atoms with Gasteiger partial charge in [-0.1, -0.05) is 0 Å². The van der Waals surface area contributed by atoms with Crippen LogP contribution in [0.3, 0.4) is 0 Å². The lowest BCUT2D eigenvalue weighted by atomic mass is 10.1. The molecule has 1 amide bonds. The molecule has 120 valence electrons.